The maximum absolute atomic E-state index is 12.2. The third-order valence-corrected chi connectivity index (χ3v) is 4.41. The normalized spacial score (nSPS) is 12.3. The molecule has 0 aliphatic heterocycles. The Balaban J connectivity index is 1.69. The first-order chi connectivity index (χ1) is 13.0. The van der Waals surface area contributed by atoms with Gasteiger partial charge in [-0.05, 0) is 42.0 Å². The average Bonchev–Trinajstić information content (AvgIpc) is 2.65. The molecular formula is C20H16Cl2N2O3. The Morgan fingerprint density at radius 1 is 1.19 bits per heavy atom. The first kappa shape index (κ1) is 19.0. The average molecular weight is 403 g/mol. The number of phenols is 1. The zero-order chi connectivity index (χ0) is 19.4. The molecule has 0 spiro atoms. The Labute approximate surface area is 166 Å². The Hall–Kier alpha value is -2.76. The van der Waals surface area contributed by atoms with E-state index in [0.29, 0.717) is 21.4 Å². The van der Waals surface area contributed by atoms with E-state index >= 15 is 0 Å². The van der Waals surface area contributed by atoms with Gasteiger partial charge in [0.25, 0.3) is 5.91 Å². The number of fused-ring (bicyclic) bond motifs is 1. The van der Waals surface area contributed by atoms with Gasteiger partial charge in [-0.3, -0.25) is 4.79 Å². The minimum atomic E-state index is -0.832. The van der Waals surface area contributed by atoms with E-state index in [4.69, 9.17) is 27.9 Å². The number of hydrogen-bond acceptors (Lipinski definition) is 4. The van der Waals surface area contributed by atoms with E-state index in [1.807, 2.05) is 30.3 Å². The summed E-state index contributed by atoms with van der Waals surface area (Å²) in [6.45, 7) is 1.57. The van der Waals surface area contributed by atoms with Gasteiger partial charge in [0.2, 0.25) is 0 Å². The summed E-state index contributed by atoms with van der Waals surface area (Å²) in [4.78, 5) is 12.2. The highest BCUT2D eigenvalue weighted by atomic mass is 35.5. The predicted octanol–water partition coefficient (Wildman–Crippen LogP) is 4.77. The molecule has 0 saturated heterocycles. The van der Waals surface area contributed by atoms with E-state index in [1.165, 1.54) is 12.3 Å². The molecule has 7 heteroatoms. The largest absolute Gasteiger partial charge is 0.507 e. The number of ether oxygens (including phenoxy) is 1. The van der Waals surface area contributed by atoms with Crippen molar-refractivity contribution in [1.29, 1.82) is 0 Å². The number of phenolic OH excluding ortho intramolecular Hbond substituents is 1. The van der Waals surface area contributed by atoms with Crippen molar-refractivity contribution in [3.05, 3.63) is 70.2 Å². The van der Waals surface area contributed by atoms with Gasteiger partial charge in [0.05, 0.1) is 11.2 Å². The lowest BCUT2D eigenvalue weighted by molar-refractivity contribution is -0.127. The van der Waals surface area contributed by atoms with E-state index in [0.717, 1.165) is 10.8 Å². The SMILES string of the molecule is CC(Oc1ccc(Cl)cc1Cl)C(=O)NN=Cc1c(O)ccc2ccccc12. The number of benzene rings is 3. The number of carbonyl (C=O) groups is 1. The van der Waals surface area contributed by atoms with Crippen LogP contribution in [0.2, 0.25) is 10.0 Å². The summed E-state index contributed by atoms with van der Waals surface area (Å²) < 4.78 is 5.53. The number of rotatable bonds is 5. The van der Waals surface area contributed by atoms with E-state index in [-0.39, 0.29) is 5.75 Å². The van der Waals surface area contributed by atoms with Crippen LogP contribution in [0, 0.1) is 0 Å². The van der Waals surface area contributed by atoms with Crippen molar-refractivity contribution >= 4 is 46.1 Å². The molecule has 0 bridgehead atoms. The molecule has 5 nitrogen and oxygen atoms in total. The zero-order valence-corrected chi connectivity index (χ0v) is 15.8. The maximum atomic E-state index is 12.2. The fraction of sp³-hybridized carbons (Fsp3) is 0.100. The maximum Gasteiger partial charge on any atom is 0.280 e. The first-order valence-corrected chi connectivity index (χ1v) is 8.86. The molecule has 0 fully saturated rings. The second-order valence-electron chi connectivity index (χ2n) is 5.79. The van der Waals surface area contributed by atoms with Gasteiger partial charge in [0.1, 0.15) is 11.5 Å². The van der Waals surface area contributed by atoms with Gasteiger partial charge in [-0.15, -0.1) is 0 Å². The summed E-state index contributed by atoms with van der Waals surface area (Å²) in [5.74, 6) is -0.0414. The Morgan fingerprint density at radius 2 is 1.96 bits per heavy atom. The molecule has 1 atom stereocenters. The number of carbonyl (C=O) groups excluding carboxylic acids is 1. The molecule has 0 heterocycles. The third-order valence-electron chi connectivity index (χ3n) is 3.88. The highest BCUT2D eigenvalue weighted by Crippen LogP contribution is 2.28. The first-order valence-electron chi connectivity index (χ1n) is 8.11. The van der Waals surface area contributed by atoms with Crippen molar-refractivity contribution in [3.8, 4) is 11.5 Å². The van der Waals surface area contributed by atoms with Crippen LogP contribution in [-0.2, 0) is 4.79 Å². The molecule has 2 N–H and O–H groups in total. The van der Waals surface area contributed by atoms with Crippen molar-refractivity contribution < 1.29 is 14.6 Å². The van der Waals surface area contributed by atoms with Crippen LogP contribution in [-0.4, -0.2) is 23.3 Å². The minimum absolute atomic E-state index is 0.0731. The minimum Gasteiger partial charge on any atom is -0.507 e. The highest BCUT2D eigenvalue weighted by Gasteiger charge is 2.16. The predicted molar refractivity (Wildman–Crippen MR) is 108 cm³/mol. The van der Waals surface area contributed by atoms with Crippen LogP contribution >= 0.6 is 23.2 Å². The summed E-state index contributed by atoms with van der Waals surface area (Å²) in [5, 5.41) is 16.6. The number of hydrogen-bond donors (Lipinski definition) is 2. The molecule has 0 radical (unpaired) electrons. The molecule has 138 valence electrons. The molecule has 3 rings (SSSR count). The monoisotopic (exact) mass is 402 g/mol. The summed E-state index contributed by atoms with van der Waals surface area (Å²) in [6.07, 6.45) is 0.569. The van der Waals surface area contributed by atoms with E-state index in [9.17, 15) is 9.90 Å². The summed E-state index contributed by atoms with van der Waals surface area (Å²) in [5.41, 5.74) is 2.92. The number of halogens is 2. The van der Waals surface area contributed by atoms with E-state index < -0.39 is 12.0 Å². The van der Waals surface area contributed by atoms with E-state index in [1.54, 1.807) is 25.1 Å². The molecule has 1 unspecified atom stereocenters. The van der Waals surface area contributed by atoms with Gasteiger partial charge in [0.15, 0.2) is 6.10 Å². The van der Waals surface area contributed by atoms with Crippen molar-refractivity contribution in [2.24, 2.45) is 5.10 Å². The Kier molecular flexibility index (Phi) is 5.84. The molecule has 0 aliphatic carbocycles. The Morgan fingerprint density at radius 3 is 2.74 bits per heavy atom. The molecule has 27 heavy (non-hydrogen) atoms. The van der Waals surface area contributed by atoms with Crippen LogP contribution in [0.4, 0.5) is 0 Å². The second kappa shape index (κ2) is 8.29. The number of nitrogens with zero attached hydrogens (tertiary/aromatic N) is 1. The summed E-state index contributed by atoms with van der Waals surface area (Å²) in [6, 6.07) is 15.7. The molecule has 0 saturated carbocycles. The van der Waals surface area contributed by atoms with E-state index in [2.05, 4.69) is 10.5 Å². The van der Waals surface area contributed by atoms with Crippen molar-refractivity contribution in [1.82, 2.24) is 5.43 Å². The zero-order valence-electron chi connectivity index (χ0n) is 14.3. The van der Waals surface area contributed by atoms with Crippen LogP contribution in [0.25, 0.3) is 10.8 Å². The molecule has 0 aliphatic rings. The highest BCUT2D eigenvalue weighted by molar-refractivity contribution is 6.35. The number of nitrogens with one attached hydrogen (secondary N) is 1. The fourth-order valence-corrected chi connectivity index (χ4v) is 2.94. The molecule has 3 aromatic rings. The molecular weight excluding hydrogens is 387 g/mol. The molecule has 0 aromatic heterocycles. The number of hydrazone groups is 1. The lowest BCUT2D eigenvalue weighted by atomic mass is 10.0. The van der Waals surface area contributed by atoms with Gasteiger partial charge in [-0.25, -0.2) is 5.43 Å². The quantitative estimate of drug-likeness (QED) is 0.476. The Bertz CT molecular complexity index is 1020. The molecule has 3 aromatic carbocycles. The van der Waals surface area contributed by atoms with Crippen LogP contribution in [0.15, 0.2) is 59.7 Å². The van der Waals surface area contributed by atoms with Gasteiger partial charge in [-0.2, -0.15) is 5.10 Å². The summed E-state index contributed by atoms with van der Waals surface area (Å²) >= 11 is 11.9. The summed E-state index contributed by atoms with van der Waals surface area (Å²) in [7, 11) is 0. The van der Waals surface area contributed by atoms with Crippen LogP contribution in [0.3, 0.4) is 0 Å². The van der Waals surface area contributed by atoms with Gasteiger partial charge < -0.3 is 9.84 Å². The van der Waals surface area contributed by atoms with Gasteiger partial charge in [-0.1, -0.05) is 53.5 Å². The van der Waals surface area contributed by atoms with Gasteiger partial charge in [0, 0.05) is 10.6 Å². The lowest BCUT2D eigenvalue weighted by Gasteiger charge is -2.14. The number of amides is 1. The lowest BCUT2D eigenvalue weighted by Crippen LogP contribution is -2.33. The third kappa shape index (κ3) is 4.51. The smallest absolute Gasteiger partial charge is 0.280 e. The topological polar surface area (TPSA) is 70.9 Å². The molecule has 1 amide bonds. The second-order valence-corrected chi connectivity index (χ2v) is 6.63. The van der Waals surface area contributed by atoms with Crippen molar-refractivity contribution in [3.63, 3.8) is 0 Å². The van der Waals surface area contributed by atoms with Gasteiger partial charge >= 0.3 is 0 Å². The fourth-order valence-electron chi connectivity index (χ4n) is 2.49. The van der Waals surface area contributed by atoms with Crippen LogP contribution < -0.4 is 10.2 Å². The number of aromatic hydroxyl groups is 1. The standard InChI is InChI=1S/C20H16Cl2N2O3/c1-12(27-19-9-7-14(21)10-17(19)22)20(26)24-23-11-16-15-5-3-2-4-13(15)6-8-18(16)25/h2-12,25H,1H3,(H,24,26). The van der Waals surface area contributed by atoms with Crippen molar-refractivity contribution in [2.45, 2.75) is 13.0 Å². The van der Waals surface area contributed by atoms with Crippen LogP contribution in [0.1, 0.15) is 12.5 Å². The van der Waals surface area contributed by atoms with Crippen LogP contribution in [0.5, 0.6) is 11.5 Å². The van der Waals surface area contributed by atoms with Crippen molar-refractivity contribution in [2.75, 3.05) is 0 Å².